The summed E-state index contributed by atoms with van der Waals surface area (Å²) in [5.41, 5.74) is 0.371. The number of carboxylic acids is 1. The highest BCUT2D eigenvalue weighted by atomic mass is 35.5. The van der Waals surface area contributed by atoms with Crippen molar-refractivity contribution >= 4 is 81.2 Å². The molecule has 4 rings (SSSR count). The van der Waals surface area contributed by atoms with Crippen LogP contribution in [0.1, 0.15) is 5.69 Å². The van der Waals surface area contributed by atoms with Crippen LogP contribution in [0.5, 0.6) is 0 Å². The number of anilines is 1. The van der Waals surface area contributed by atoms with Gasteiger partial charge in [0.15, 0.2) is 10.8 Å². The molecule has 2 atom stereocenters. The van der Waals surface area contributed by atoms with Crippen LogP contribution in [0.3, 0.4) is 0 Å². The van der Waals surface area contributed by atoms with E-state index in [1.807, 2.05) is 0 Å². The van der Waals surface area contributed by atoms with Crippen molar-refractivity contribution in [2.24, 2.45) is 15.6 Å². The molecule has 1 aromatic rings. The molecule has 0 saturated carbocycles. The van der Waals surface area contributed by atoms with Crippen molar-refractivity contribution < 1.29 is 29.1 Å². The number of thioether (sulfide) groups is 1. The molecular weight excluding hydrogens is 570 g/mol. The molecule has 3 aliphatic rings. The van der Waals surface area contributed by atoms with Gasteiger partial charge in [-0.3, -0.25) is 24.3 Å². The molecule has 0 bridgehead atoms. The first-order valence-electron chi connectivity index (χ1n) is 10.4. The molecule has 37 heavy (non-hydrogen) atoms. The van der Waals surface area contributed by atoms with Crippen LogP contribution < -0.4 is 10.6 Å². The standard InChI is InChI=1S/C18H20ClN9O6S3/c1-26-7-27(25-24-26)37-5-8-4-35-16-12(15(31)28(16)13(8)17(32)33)22-14(30)11(23-34-2)9-6-36-18(20-9)21-10(29)3-19/h6,12,16H,3-5,7H2,1-2H3,(H,22,30)(H,32,33)(H,20,21,29)/t12?,16-/m0/s1. The zero-order valence-electron chi connectivity index (χ0n) is 19.3. The van der Waals surface area contributed by atoms with E-state index < -0.39 is 35.1 Å². The molecule has 198 valence electrons. The summed E-state index contributed by atoms with van der Waals surface area (Å²) in [7, 11) is 3.00. The largest absolute Gasteiger partial charge is 0.477 e. The summed E-state index contributed by atoms with van der Waals surface area (Å²) in [6, 6.07) is -0.974. The molecule has 3 aliphatic heterocycles. The second-order valence-electron chi connectivity index (χ2n) is 7.56. The fraction of sp³-hybridized carbons (Fsp3) is 0.444. The Morgan fingerprint density at radius 3 is 2.81 bits per heavy atom. The normalized spacial score (nSPS) is 21.1. The molecule has 3 N–H and O–H groups in total. The Morgan fingerprint density at radius 2 is 2.16 bits per heavy atom. The summed E-state index contributed by atoms with van der Waals surface area (Å²) in [6.07, 6.45) is 0. The highest BCUT2D eigenvalue weighted by molar-refractivity contribution is 8.00. The number of aromatic nitrogens is 1. The zero-order valence-corrected chi connectivity index (χ0v) is 22.5. The van der Waals surface area contributed by atoms with Crippen molar-refractivity contribution in [3.63, 3.8) is 0 Å². The number of alkyl halides is 1. The van der Waals surface area contributed by atoms with Gasteiger partial charge in [0.05, 0.1) is 0 Å². The van der Waals surface area contributed by atoms with Crippen LogP contribution in [0.2, 0.25) is 0 Å². The number of carboxylic acid groups (broad SMARTS) is 1. The third kappa shape index (κ3) is 5.76. The lowest BCUT2D eigenvalue weighted by Crippen LogP contribution is -2.71. The van der Waals surface area contributed by atoms with Crippen molar-refractivity contribution in [3.8, 4) is 0 Å². The minimum absolute atomic E-state index is 0.0961. The van der Waals surface area contributed by atoms with Crippen molar-refractivity contribution in [2.45, 2.75) is 11.4 Å². The van der Waals surface area contributed by atoms with Crippen LogP contribution in [-0.2, 0) is 24.0 Å². The second kappa shape index (κ2) is 11.5. The number of carbonyl (C=O) groups is 4. The van der Waals surface area contributed by atoms with Crippen molar-refractivity contribution in [2.75, 3.05) is 43.5 Å². The Balaban J connectivity index is 1.44. The smallest absolute Gasteiger partial charge is 0.352 e. The number of nitrogens with one attached hydrogen (secondary N) is 2. The number of nitrogens with zero attached hydrogens (tertiary/aromatic N) is 7. The van der Waals surface area contributed by atoms with Crippen LogP contribution in [0, 0.1) is 0 Å². The maximum Gasteiger partial charge on any atom is 0.352 e. The van der Waals surface area contributed by atoms with Gasteiger partial charge in [0, 0.05) is 23.9 Å². The van der Waals surface area contributed by atoms with Gasteiger partial charge in [-0.05, 0) is 22.7 Å². The first kappa shape index (κ1) is 27.0. The predicted octanol–water partition coefficient (Wildman–Crippen LogP) is 0.545. The number of thiazole rings is 1. The SMILES string of the molecule is CON=C(C(=O)NC1C(=O)N2C(C(=O)O)=C(CSN3CN(C)N=N3)CS[C@@H]12)c1csc(NC(=O)CCl)n1. The van der Waals surface area contributed by atoms with Crippen molar-refractivity contribution in [1.82, 2.24) is 24.6 Å². The number of fused-ring (bicyclic) bond motifs is 1. The minimum Gasteiger partial charge on any atom is -0.477 e. The van der Waals surface area contributed by atoms with Crippen molar-refractivity contribution in [1.29, 1.82) is 0 Å². The zero-order chi connectivity index (χ0) is 26.7. The summed E-state index contributed by atoms with van der Waals surface area (Å²) < 4.78 is 1.62. The highest BCUT2D eigenvalue weighted by Crippen LogP contribution is 2.41. The molecule has 0 spiro atoms. The summed E-state index contributed by atoms with van der Waals surface area (Å²) in [5.74, 6) is -2.60. The number of β-lactam (4-membered cyclic amide) rings is 1. The van der Waals surface area contributed by atoms with E-state index in [-0.39, 0.29) is 28.1 Å². The third-order valence-electron chi connectivity index (χ3n) is 5.05. The predicted molar refractivity (Wildman–Crippen MR) is 136 cm³/mol. The van der Waals surface area contributed by atoms with Crippen LogP contribution in [0.15, 0.2) is 32.3 Å². The quantitative estimate of drug-likeness (QED) is 0.114. The van der Waals surface area contributed by atoms with Gasteiger partial charge in [0.1, 0.15) is 42.5 Å². The highest BCUT2D eigenvalue weighted by Gasteiger charge is 2.54. The average molecular weight is 590 g/mol. The van der Waals surface area contributed by atoms with Gasteiger partial charge in [0.2, 0.25) is 5.91 Å². The molecule has 1 unspecified atom stereocenters. The first-order chi connectivity index (χ1) is 17.7. The maximum atomic E-state index is 13.0. The average Bonchev–Trinajstić information content (AvgIpc) is 3.51. The van der Waals surface area contributed by atoms with Gasteiger partial charge in [-0.1, -0.05) is 10.4 Å². The maximum absolute atomic E-state index is 13.0. The summed E-state index contributed by atoms with van der Waals surface area (Å²) in [5, 5.41) is 29.1. The molecular formula is C18H20ClN9O6S3. The number of rotatable bonds is 10. The Hall–Kier alpha value is -3.09. The fourth-order valence-electron chi connectivity index (χ4n) is 3.46. The summed E-state index contributed by atoms with van der Waals surface area (Å²) in [4.78, 5) is 59.6. The van der Waals surface area contributed by atoms with E-state index in [1.165, 1.54) is 41.1 Å². The van der Waals surface area contributed by atoms with Crippen molar-refractivity contribution in [3.05, 3.63) is 22.3 Å². The third-order valence-corrected chi connectivity index (χ3v) is 8.36. The molecule has 0 aliphatic carbocycles. The number of carbonyl (C=O) groups excluding carboxylic acids is 3. The topological polar surface area (TPSA) is 181 Å². The van der Waals surface area contributed by atoms with Gasteiger partial charge >= 0.3 is 5.97 Å². The molecule has 4 heterocycles. The molecule has 15 nitrogen and oxygen atoms in total. The van der Waals surface area contributed by atoms with E-state index in [2.05, 4.69) is 31.2 Å². The molecule has 0 aromatic carbocycles. The molecule has 1 fully saturated rings. The number of oxime groups is 1. The van der Waals surface area contributed by atoms with Crippen LogP contribution in [0.25, 0.3) is 0 Å². The number of hydrogen-bond donors (Lipinski definition) is 3. The van der Waals surface area contributed by atoms with E-state index in [0.717, 1.165) is 11.3 Å². The lowest BCUT2D eigenvalue weighted by Gasteiger charge is -2.49. The van der Waals surface area contributed by atoms with Crippen LogP contribution >= 0.6 is 46.6 Å². The summed E-state index contributed by atoms with van der Waals surface area (Å²) >= 11 is 9.16. The summed E-state index contributed by atoms with van der Waals surface area (Å²) in [6.45, 7) is 0.456. The Bertz CT molecular complexity index is 1210. The van der Waals surface area contributed by atoms with E-state index in [0.29, 0.717) is 23.7 Å². The molecule has 19 heteroatoms. The second-order valence-corrected chi connectivity index (χ2v) is 10.8. The van der Waals surface area contributed by atoms with E-state index >= 15 is 0 Å². The van der Waals surface area contributed by atoms with Gasteiger partial charge in [-0.15, -0.1) is 34.7 Å². The van der Waals surface area contributed by atoms with Crippen LogP contribution in [-0.4, -0.2) is 103 Å². The Labute approximate surface area is 227 Å². The van der Waals surface area contributed by atoms with Gasteiger partial charge in [0.25, 0.3) is 11.8 Å². The van der Waals surface area contributed by atoms with Gasteiger partial charge in [-0.2, -0.15) is 4.41 Å². The molecule has 0 radical (unpaired) electrons. The fourth-order valence-corrected chi connectivity index (χ4v) is 6.59. The molecule has 3 amide bonds. The number of amides is 3. The van der Waals surface area contributed by atoms with Gasteiger partial charge < -0.3 is 20.6 Å². The van der Waals surface area contributed by atoms with E-state index in [1.54, 1.807) is 16.5 Å². The van der Waals surface area contributed by atoms with Crippen LogP contribution in [0.4, 0.5) is 5.13 Å². The minimum atomic E-state index is -1.23. The first-order valence-corrected chi connectivity index (χ1v) is 13.8. The number of hydrogen-bond acceptors (Lipinski definition) is 14. The number of halogens is 1. The van der Waals surface area contributed by atoms with E-state index in [9.17, 15) is 24.3 Å². The lowest BCUT2D eigenvalue weighted by molar-refractivity contribution is -0.150. The Morgan fingerprint density at radius 1 is 1.38 bits per heavy atom. The van der Waals surface area contributed by atoms with E-state index in [4.69, 9.17) is 16.4 Å². The lowest BCUT2D eigenvalue weighted by atomic mass is 10.0. The van der Waals surface area contributed by atoms with Gasteiger partial charge in [-0.25, -0.2) is 9.78 Å². The molecule has 1 aromatic heterocycles. The Kier molecular flexibility index (Phi) is 8.40. The monoisotopic (exact) mass is 589 g/mol. The molecule has 1 saturated heterocycles. The number of aliphatic carboxylic acids is 1.